The molecule has 0 unspecified atom stereocenters. The van der Waals surface area contributed by atoms with E-state index in [0.717, 1.165) is 11.1 Å². The maximum absolute atomic E-state index is 10.7. The number of nitro benzene ring substituents is 1. The SMILES string of the molecule is Cc1cc(NC(N)=O)c([N+](=O)[O-])cc1C. The van der Waals surface area contributed by atoms with Crippen molar-refractivity contribution in [3.8, 4) is 0 Å². The smallest absolute Gasteiger partial charge is 0.316 e. The van der Waals surface area contributed by atoms with E-state index in [9.17, 15) is 14.9 Å². The van der Waals surface area contributed by atoms with Crippen LogP contribution >= 0.6 is 0 Å². The molecule has 0 spiro atoms. The summed E-state index contributed by atoms with van der Waals surface area (Å²) < 4.78 is 0. The van der Waals surface area contributed by atoms with Crippen molar-refractivity contribution in [3.63, 3.8) is 0 Å². The van der Waals surface area contributed by atoms with Gasteiger partial charge in [0.2, 0.25) is 0 Å². The average Bonchev–Trinajstić information content (AvgIpc) is 2.09. The van der Waals surface area contributed by atoms with Gasteiger partial charge in [-0.2, -0.15) is 0 Å². The second kappa shape index (κ2) is 3.95. The zero-order valence-electron chi connectivity index (χ0n) is 8.40. The summed E-state index contributed by atoms with van der Waals surface area (Å²) in [7, 11) is 0. The van der Waals surface area contributed by atoms with Gasteiger partial charge in [-0.1, -0.05) is 0 Å². The zero-order valence-corrected chi connectivity index (χ0v) is 8.40. The lowest BCUT2D eigenvalue weighted by atomic mass is 10.1. The molecule has 3 N–H and O–H groups in total. The van der Waals surface area contributed by atoms with Crippen molar-refractivity contribution in [2.24, 2.45) is 5.73 Å². The summed E-state index contributed by atoms with van der Waals surface area (Å²) in [5.41, 5.74) is 6.51. The maximum atomic E-state index is 10.7. The van der Waals surface area contributed by atoms with Crippen molar-refractivity contribution in [1.82, 2.24) is 0 Å². The number of nitrogens with one attached hydrogen (secondary N) is 1. The molecule has 0 aromatic heterocycles. The Bertz CT molecular complexity index is 429. The Morgan fingerprint density at radius 2 is 1.93 bits per heavy atom. The van der Waals surface area contributed by atoms with Gasteiger partial charge in [-0.15, -0.1) is 0 Å². The number of carbonyl (C=O) groups is 1. The molecule has 2 amide bonds. The van der Waals surface area contributed by atoms with Crippen LogP contribution in [0.2, 0.25) is 0 Å². The lowest BCUT2D eigenvalue weighted by Crippen LogP contribution is -2.20. The highest BCUT2D eigenvalue weighted by molar-refractivity contribution is 5.90. The van der Waals surface area contributed by atoms with Crippen molar-refractivity contribution in [2.45, 2.75) is 13.8 Å². The number of anilines is 1. The Labute approximate surface area is 86.2 Å². The minimum absolute atomic E-state index is 0.121. The third-order valence-corrected chi connectivity index (χ3v) is 2.07. The van der Waals surface area contributed by atoms with Crippen molar-refractivity contribution < 1.29 is 9.72 Å². The minimum Gasteiger partial charge on any atom is -0.351 e. The van der Waals surface area contributed by atoms with Crippen molar-refractivity contribution in [1.29, 1.82) is 0 Å². The molecule has 0 aliphatic carbocycles. The summed E-state index contributed by atoms with van der Waals surface area (Å²) in [4.78, 5) is 20.8. The standard InChI is InChI=1S/C9H11N3O3/c1-5-3-7(11-9(10)13)8(12(14)15)4-6(5)2/h3-4H,1-2H3,(H3,10,11,13). The van der Waals surface area contributed by atoms with E-state index in [0.29, 0.717) is 0 Å². The van der Waals surface area contributed by atoms with Crippen LogP contribution in [0.3, 0.4) is 0 Å². The molecular formula is C9H11N3O3. The average molecular weight is 209 g/mol. The largest absolute Gasteiger partial charge is 0.351 e. The summed E-state index contributed by atoms with van der Waals surface area (Å²) in [6, 6.07) is 2.11. The number of amides is 2. The molecule has 0 aliphatic heterocycles. The van der Waals surface area contributed by atoms with Crippen LogP contribution in [0.5, 0.6) is 0 Å². The molecule has 1 rings (SSSR count). The van der Waals surface area contributed by atoms with E-state index in [4.69, 9.17) is 5.73 Å². The van der Waals surface area contributed by atoms with Gasteiger partial charge in [-0.05, 0) is 31.0 Å². The molecule has 0 saturated carbocycles. The van der Waals surface area contributed by atoms with Crippen LogP contribution in [-0.4, -0.2) is 11.0 Å². The Kier molecular flexibility index (Phi) is 2.89. The third kappa shape index (κ3) is 2.43. The number of carbonyl (C=O) groups excluding carboxylic acids is 1. The zero-order chi connectivity index (χ0) is 11.6. The van der Waals surface area contributed by atoms with E-state index in [2.05, 4.69) is 5.32 Å². The number of aryl methyl sites for hydroxylation is 2. The van der Waals surface area contributed by atoms with Gasteiger partial charge in [-0.25, -0.2) is 4.79 Å². The van der Waals surface area contributed by atoms with Crippen LogP contribution in [0.15, 0.2) is 12.1 Å². The van der Waals surface area contributed by atoms with Crippen LogP contribution in [0.25, 0.3) is 0 Å². The fourth-order valence-electron chi connectivity index (χ4n) is 1.18. The normalized spacial score (nSPS) is 9.73. The van der Waals surface area contributed by atoms with Crippen molar-refractivity contribution in [2.75, 3.05) is 5.32 Å². The number of nitro groups is 1. The Morgan fingerprint density at radius 3 is 2.40 bits per heavy atom. The van der Waals surface area contributed by atoms with E-state index in [-0.39, 0.29) is 11.4 Å². The van der Waals surface area contributed by atoms with E-state index in [1.807, 2.05) is 0 Å². The highest BCUT2D eigenvalue weighted by atomic mass is 16.6. The fraction of sp³-hybridized carbons (Fsp3) is 0.222. The molecule has 0 bridgehead atoms. The van der Waals surface area contributed by atoms with Crippen molar-refractivity contribution >= 4 is 17.4 Å². The Balaban J connectivity index is 3.28. The van der Waals surface area contributed by atoms with E-state index in [1.165, 1.54) is 12.1 Å². The molecule has 0 heterocycles. The van der Waals surface area contributed by atoms with Crippen LogP contribution < -0.4 is 11.1 Å². The van der Waals surface area contributed by atoms with Crippen LogP contribution in [0, 0.1) is 24.0 Å². The molecule has 1 aromatic rings. The summed E-state index contributed by atoms with van der Waals surface area (Å²) in [5.74, 6) is 0. The second-order valence-electron chi connectivity index (χ2n) is 3.20. The Morgan fingerprint density at radius 1 is 1.40 bits per heavy atom. The molecule has 15 heavy (non-hydrogen) atoms. The molecule has 80 valence electrons. The first-order valence-electron chi connectivity index (χ1n) is 4.24. The number of benzene rings is 1. The highest BCUT2D eigenvalue weighted by Crippen LogP contribution is 2.27. The van der Waals surface area contributed by atoms with E-state index < -0.39 is 11.0 Å². The molecule has 0 aliphatic rings. The highest BCUT2D eigenvalue weighted by Gasteiger charge is 2.16. The number of primary amides is 1. The number of rotatable bonds is 2. The second-order valence-corrected chi connectivity index (χ2v) is 3.20. The minimum atomic E-state index is -0.818. The summed E-state index contributed by atoms with van der Waals surface area (Å²) in [6.45, 7) is 3.56. The molecule has 6 heteroatoms. The predicted molar refractivity (Wildman–Crippen MR) is 55.8 cm³/mol. The summed E-state index contributed by atoms with van der Waals surface area (Å²) in [6.07, 6.45) is 0. The topological polar surface area (TPSA) is 98.3 Å². The van der Waals surface area contributed by atoms with Gasteiger partial charge in [0, 0.05) is 6.07 Å². The quantitative estimate of drug-likeness (QED) is 0.572. The predicted octanol–water partition coefficient (Wildman–Crippen LogP) is 1.70. The summed E-state index contributed by atoms with van der Waals surface area (Å²) in [5, 5.41) is 12.9. The number of nitrogens with zero attached hydrogens (tertiary/aromatic N) is 1. The van der Waals surface area contributed by atoms with E-state index >= 15 is 0 Å². The molecule has 0 fully saturated rings. The summed E-state index contributed by atoms with van der Waals surface area (Å²) >= 11 is 0. The third-order valence-electron chi connectivity index (χ3n) is 2.07. The molecule has 0 radical (unpaired) electrons. The van der Waals surface area contributed by atoms with Crippen LogP contribution in [0.1, 0.15) is 11.1 Å². The van der Waals surface area contributed by atoms with Gasteiger partial charge in [0.1, 0.15) is 5.69 Å². The van der Waals surface area contributed by atoms with Gasteiger partial charge >= 0.3 is 6.03 Å². The molecule has 0 atom stereocenters. The van der Waals surface area contributed by atoms with Crippen LogP contribution in [-0.2, 0) is 0 Å². The number of hydrogen-bond acceptors (Lipinski definition) is 3. The number of urea groups is 1. The first-order valence-corrected chi connectivity index (χ1v) is 4.24. The van der Waals surface area contributed by atoms with Gasteiger partial charge in [0.05, 0.1) is 4.92 Å². The molecule has 1 aromatic carbocycles. The van der Waals surface area contributed by atoms with Gasteiger partial charge in [0.15, 0.2) is 0 Å². The van der Waals surface area contributed by atoms with Gasteiger partial charge in [0.25, 0.3) is 5.69 Å². The first kappa shape index (κ1) is 11.0. The monoisotopic (exact) mass is 209 g/mol. The van der Waals surface area contributed by atoms with Gasteiger partial charge < -0.3 is 11.1 Å². The number of hydrogen-bond donors (Lipinski definition) is 2. The maximum Gasteiger partial charge on any atom is 0.316 e. The molecule has 6 nitrogen and oxygen atoms in total. The Hall–Kier alpha value is -2.11. The molecule has 0 saturated heterocycles. The molecular weight excluding hydrogens is 198 g/mol. The lowest BCUT2D eigenvalue weighted by molar-refractivity contribution is -0.384. The number of nitrogens with two attached hydrogens (primary N) is 1. The van der Waals surface area contributed by atoms with Crippen LogP contribution in [0.4, 0.5) is 16.2 Å². The van der Waals surface area contributed by atoms with Crippen molar-refractivity contribution in [3.05, 3.63) is 33.4 Å². The fourth-order valence-corrected chi connectivity index (χ4v) is 1.18. The van der Waals surface area contributed by atoms with Gasteiger partial charge in [-0.3, -0.25) is 10.1 Å². The van der Waals surface area contributed by atoms with E-state index in [1.54, 1.807) is 13.8 Å². The lowest BCUT2D eigenvalue weighted by Gasteiger charge is -2.06. The first-order chi connectivity index (χ1) is 6.91.